The highest BCUT2D eigenvalue weighted by Gasteiger charge is 2.24. The summed E-state index contributed by atoms with van der Waals surface area (Å²) < 4.78 is 9.12. The topological polar surface area (TPSA) is 18.1 Å². The van der Waals surface area contributed by atoms with Crippen molar-refractivity contribution in [3.05, 3.63) is 126 Å². The van der Waals surface area contributed by atoms with Crippen molar-refractivity contribution in [3.63, 3.8) is 0 Å². The monoisotopic (exact) mass is 489 g/mol. The molecule has 2 aromatic heterocycles. The second-order valence-corrected chi connectivity index (χ2v) is 9.79. The first-order valence-corrected chi connectivity index (χ1v) is 13.0. The molecule has 0 N–H and O–H groups in total. The highest BCUT2D eigenvalue weighted by atomic mass is 16.3. The van der Waals surface area contributed by atoms with E-state index in [9.17, 15) is 0 Å². The van der Waals surface area contributed by atoms with Gasteiger partial charge in [-0.05, 0) is 60.9 Å². The Morgan fingerprint density at radius 1 is 0.763 bits per heavy atom. The van der Waals surface area contributed by atoms with Gasteiger partial charge in [-0.15, -0.1) is 0 Å². The molecule has 0 aliphatic rings. The summed E-state index contributed by atoms with van der Waals surface area (Å²) in [6.07, 6.45) is 10.3. The number of allylic oxidation sites excluding steroid dienone is 3. The third-order valence-electron chi connectivity index (χ3n) is 7.55. The van der Waals surface area contributed by atoms with Crippen LogP contribution in [0, 0.1) is 6.92 Å². The lowest BCUT2D eigenvalue weighted by atomic mass is 9.95. The Balaban J connectivity index is 1.85. The summed E-state index contributed by atoms with van der Waals surface area (Å²) in [6, 6.07) is 30.3. The summed E-state index contributed by atoms with van der Waals surface area (Å²) in [7, 11) is 0. The van der Waals surface area contributed by atoms with Crippen LogP contribution in [0.1, 0.15) is 23.6 Å². The van der Waals surface area contributed by atoms with Crippen LogP contribution in [0.3, 0.4) is 0 Å². The third-order valence-corrected chi connectivity index (χ3v) is 7.55. The molecule has 0 radical (unpaired) electrons. The van der Waals surface area contributed by atoms with Crippen LogP contribution >= 0.6 is 0 Å². The number of aryl methyl sites for hydroxylation is 1. The molecule has 182 valence electrons. The summed E-state index contributed by atoms with van der Waals surface area (Å²) in [6.45, 7) is 8.14. The van der Waals surface area contributed by atoms with Crippen LogP contribution in [-0.4, -0.2) is 4.57 Å². The molecule has 0 aliphatic carbocycles. The SMILES string of the molecule is C=C/C=C\c1c(C)ccc2oc3c4ccccc4c4c(c5cc(/C=C/C)ccc5n4-c4ccccc4)c3c12. The molecule has 0 aliphatic heterocycles. The highest BCUT2D eigenvalue weighted by molar-refractivity contribution is 6.36. The maximum Gasteiger partial charge on any atom is 0.144 e. The van der Waals surface area contributed by atoms with Gasteiger partial charge in [0.2, 0.25) is 0 Å². The molecule has 2 nitrogen and oxygen atoms in total. The third kappa shape index (κ3) is 3.13. The first-order chi connectivity index (χ1) is 18.7. The number of nitrogens with zero attached hydrogens (tertiary/aromatic N) is 1. The Hall–Kier alpha value is -4.82. The molecule has 2 heteroatoms. The van der Waals surface area contributed by atoms with Gasteiger partial charge < -0.3 is 8.98 Å². The average molecular weight is 490 g/mol. The zero-order valence-corrected chi connectivity index (χ0v) is 21.5. The number of benzene rings is 5. The Labute approximate surface area is 221 Å². The van der Waals surface area contributed by atoms with Crippen molar-refractivity contribution in [2.24, 2.45) is 0 Å². The van der Waals surface area contributed by atoms with E-state index in [4.69, 9.17) is 4.42 Å². The first-order valence-electron chi connectivity index (χ1n) is 13.0. The van der Waals surface area contributed by atoms with E-state index in [1.54, 1.807) is 0 Å². The fourth-order valence-corrected chi connectivity index (χ4v) is 5.97. The van der Waals surface area contributed by atoms with Crippen LogP contribution < -0.4 is 0 Å². The van der Waals surface area contributed by atoms with E-state index in [1.807, 2.05) is 12.2 Å². The van der Waals surface area contributed by atoms with Crippen LogP contribution in [0.4, 0.5) is 0 Å². The molecule has 0 atom stereocenters. The van der Waals surface area contributed by atoms with Gasteiger partial charge in [0.05, 0.1) is 11.0 Å². The van der Waals surface area contributed by atoms with Crippen molar-refractivity contribution >= 4 is 66.7 Å². The van der Waals surface area contributed by atoms with Crippen LogP contribution in [0.2, 0.25) is 0 Å². The summed E-state index contributed by atoms with van der Waals surface area (Å²) in [5.41, 5.74) is 8.93. The molecule has 0 amide bonds. The van der Waals surface area contributed by atoms with Gasteiger partial charge in [-0.3, -0.25) is 0 Å². The van der Waals surface area contributed by atoms with E-state index in [-0.39, 0.29) is 0 Å². The van der Waals surface area contributed by atoms with E-state index < -0.39 is 0 Å². The van der Waals surface area contributed by atoms with E-state index >= 15 is 0 Å². The van der Waals surface area contributed by atoms with Crippen molar-refractivity contribution in [1.82, 2.24) is 4.57 Å². The fraction of sp³-hybridized carbons (Fsp3) is 0.0556. The number of aromatic nitrogens is 1. The van der Waals surface area contributed by atoms with Crippen LogP contribution in [0.25, 0.3) is 72.4 Å². The highest BCUT2D eigenvalue weighted by Crippen LogP contribution is 2.47. The van der Waals surface area contributed by atoms with Gasteiger partial charge >= 0.3 is 0 Å². The summed E-state index contributed by atoms with van der Waals surface area (Å²) in [5, 5.41) is 7.06. The smallest absolute Gasteiger partial charge is 0.144 e. The van der Waals surface area contributed by atoms with Crippen LogP contribution in [0.15, 0.2) is 114 Å². The molecule has 0 spiro atoms. The zero-order valence-electron chi connectivity index (χ0n) is 21.5. The van der Waals surface area contributed by atoms with Crippen molar-refractivity contribution in [2.45, 2.75) is 13.8 Å². The number of para-hydroxylation sites is 1. The quantitative estimate of drug-likeness (QED) is 0.225. The van der Waals surface area contributed by atoms with Crippen molar-refractivity contribution in [1.29, 1.82) is 0 Å². The molecular formula is C36H27NO. The molecule has 0 saturated heterocycles. The molecule has 0 fully saturated rings. The Kier molecular flexibility index (Phi) is 5.09. The number of rotatable bonds is 4. The molecule has 5 aromatic carbocycles. The summed E-state index contributed by atoms with van der Waals surface area (Å²) in [5.74, 6) is 0. The molecule has 0 unspecified atom stereocenters. The average Bonchev–Trinajstić information content (AvgIpc) is 3.50. The van der Waals surface area contributed by atoms with E-state index in [1.165, 1.54) is 49.3 Å². The Morgan fingerprint density at radius 2 is 1.55 bits per heavy atom. The molecule has 0 saturated carbocycles. The number of hydrogen-bond donors (Lipinski definition) is 0. The van der Waals surface area contributed by atoms with Crippen molar-refractivity contribution in [3.8, 4) is 5.69 Å². The molecule has 0 bridgehead atoms. The zero-order chi connectivity index (χ0) is 25.8. The number of furan rings is 1. The Morgan fingerprint density at radius 3 is 2.34 bits per heavy atom. The van der Waals surface area contributed by atoms with Crippen LogP contribution in [-0.2, 0) is 0 Å². The molecule has 2 heterocycles. The van der Waals surface area contributed by atoms with Gasteiger partial charge in [0.1, 0.15) is 11.2 Å². The maximum atomic E-state index is 6.71. The van der Waals surface area contributed by atoms with Crippen LogP contribution in [0.5, 0.6) is 0 Å². The lowest BCUT2D eigenvalue weighted by molar-refractivity contribution is 0.672. The minimum atomic E-state index is 0.900. The summed E-state index contributed by atoms with van der Waals surface area (Å²) in [4.78, 5) is 0. The van der Waals surface area contributed by atoms with Gasteiger partial charge in [-0.25, -0.2) is 0 Å². The molecule has 38 heavy (non-hydrogen) atoms. The van der Waals surface area contributed by atoms with Gasteiger partial charge in [0, 0.05) is 38.0 Å². The normalized spacial score (nSPS) is 12.4. The molecule has 7 rings (SSSR count). The second kappa shape index (κ2) is 8.64. The predicted molar refractivity (Wildman–Crippen MR) is 164 cm³/mol. The predicted octanol–water partition coefficient (Wildman–Crippen LogP) is 10.4. The minimum absolute atomic E-state index is 0.900. The van der Waals surface area contributed by atoms with E-state index in [2.05, 4.69) is 128 Å². The van der Waals surface area contributed by atoms with E-state index in [0.29, 0.717) is 0 Å². The van der Waals surface area contributed by atoms with Gasteiger partial charge in [-0.2, -0.15) is 0 Å². The molecular weight excluding hydrogens is 462 g/mol. The largest absolute Gasteiger partial charge is 0.455 e. The number of fused-ring (bicyclic) bond motifs is 10. The standard InChI is InChI=1S/C36H27NO/c1-4-6-15-26-23(3)18-21-31-32(26)34-33-29-22-24(12-5-2)19-20-30(29)37(25-13-8-7-9-14-25)35(33)27-16-10-11-17-28(27)36(34)38-31/h4-22H,1H2,2-3H3/b12-5+,15-6-. The first kappa shape index (κ1) is 22.4. The maximum absolute atomic E-state index is 6.71. The second-order valence-electron chi connectivity index (χ2n) is 9.79. The lowest BCUT2D eigenvalue weighted by Crippen LogP contribution is -1.94. The number of hydrogen-bond acceptors (Lipinski definition) is 1. The Bertz CT molecular complexity index is 2100. The van der Waals surface area contributed by atoms with Gasteiger partial charge in [0.25, 0.3) is 0 Å². The molecule has 7 aromatic rings. The van der Waals surface area contributed by atoms with Crippen molar-refractivity contribution < 1.29 is 4.42 Å². The summed E-state index contributed by atoms with van der Waals surface area (Å²) >= 11 is 0. The lowest BCUT2D eigenvalue weighted by Gasteiger charge is -2.10. The van der Waals surface area contributed by atoms with Gasteiger partial charge in [0.15, 0.2) is 0 Å². The minimum Gasteiger partial charge on any atom is -0.455 e. The van der Waals surface area contributed by atoms with Gasteiger partial charge in [-0.1, -0.05) is 91.6 Å². The van der Waals surface area contributed by atoms with Crippen molar-refractivity contribution in [2.75, 3.05) is 0 Å². The van der Waals surface area contributed by atoms with E-state index in [0.717, 1.165) is 27.6 Å². The fourth-order valence-electron chi connectivity index (χ4n) is 5.97.